The Morgan fingerprint density at radius 2 is 1.97 bits per heavy atom. The van der Waals surface area contributed by atoms with Crippen LogP contribution >= 0.6 is 0 Å². The van der Waals surface area contributed by atoms with Crippen LogP contribution in [0.5, 0.6) is 0 Å². The lowest BCUT2D eigenvalue weighted by molar-refractivity contribution is 0.0778. The lowest BCUT2D eigenvalue weighted by Gasteiger charge is -2.37. The lowest BCUT2D eigenvalue weighted by atomic mass is 10.0. The third kappa shape index (κ3) is 4.16. The molecule has 0 saturated carbocycles. The Balaban J connectivity index is 1.47. The van der Waals surface area contributed by atoms with Crippen LogP contribution in [0.1, 0.15) is 42.4 Å². The minimum Gasteiger partial charge on any atom is -0.391 e. The summed E-state index contributed by atoms with van der Waals surface area (Å²) in [6.07, 6.45) is 1.30. The number of piperidine rings is 1. The molecule has 9 nitrogen and oxygen atoms in total. The van der Waals surface area contributed by atoms with Gasteiger partial charge in [0.1, 0.15) is 0 Å². The van der Waals surface area contributed by atoms with Gasteiger partial charge in [0.15, 0.2) is 11.5 Å². The van der Waals surface area contributed by atoms with E-state index >= 15 is 0 Å². The second-order valence-corrected chi connectivity index (χ2v) is 7.72. The lowest BCUT2D eigenvalue weighted by Crippen LogP contribution is -2.55. The number of nitrogens with zero attached hydrogens (tertiary/aromatic N) is 6. The molecule has 3 heterocycles. The Bertz CT molecular complexity index is 988. The van der Waals surface area contributed by atoms with Crippen LogP contribution in [-0.4, -0.2) is 61.4 Å². The molecule has 156 valence electrons. The number of para-hydroxylation sites is 1. The van der Waals surface area contributed by atoms with E-state index in [0.29, 0.717) is 31.1 Å². The van der Waals surface area contributed by atoms with Gasteiger partial charge >= 0.3 is 0 Å². The number of amides is 1. The van der Waals surface area contributed by atoms with Crippen LogP contribution in [0.2, 0.25) is 0 Å². The van der Waals surface area contributed by atoms with Gasteiger partial charge in [0.2, 0.25) is 0 Å². The first-order valence-corrected chi connectivity index (χ1v) is 10.1. The monoisotopic (exact) mass is 407 g/mol. The third-order valence-corrected chi connectivity index (χ3v) is 5.26. The van der Waals surface area contributed by atoms with Crippen LogP contribution in [0.4, 0.5) is 5.82 Å². The molecule has 30 heavy (non-hydrogen) atoms. The van der Waals surface area contributed by atoms with Crippen molar-refractivity contribution in [3.05, 3.63) is 60.0 Å². The fraction of sp³-hybridized carbons (Fsp3) is 0.381. The Labute approximate surface area is 174 Å². The Hall–Kier alpha value is -3.33. The summed E-state index contributed by atoms with van der Waals surface area (Å²) in [4.78, 5) is 14.9. The van der Waals surface area contributed by atoms with E-state index in [0.717, 1.165) is 17.2 Å². The number of hydrogen-bond donors (Lipinski definition) is 2. The second-order valence-electron chi connectivity index (χ2n) is 7.72. The molecular weight excluding hydrogens is 382 g/mol. The number of aliphatic hydroxyl groups is 1. The fourth-order valence-corrected chi connectivity index (χ4v) is 3.49. The highest BCUT2D eigenvalue weighted by Crippen LogP contribution is 2.20. The molecule has 2 atom stereocenters. The number of benzene rings is 1. The van der Waals surface area contributed by atoms with Crippen LogP contribution in [0, 0.1) is 0 Å². The highest BCUT2D eigenvalue weighted by atomic mass is 16.3. The highest BCUT2D eigenvalue weighted by Gasteiger charge is 2.31. The summed E-state index contributed by atoms with van der Waals surface area (Å²) in [6.45, 7) is 5.23. The highest BCUT2D eigenvalue weighted by molar-refractivity contribution is 5.93. The van der Waals surface area contributed by atoms with Gasteiger partial charge in [-0.25, -0.2) is 4.68 Å². The average molecular weight is 407 g/mol. The summed E-state index contributed by atoms with van der Waals surface area (Å²) in [5.74, 6) is 0.711. The van der Waals surface area contributed by atoms with Crippen molar-refractivity contribution < 1.29 is 9.90 Å². The van der Waals surface area contributed by atoms with E-state index in [2.05, 4.69) is 39.7 Å². The standard InChI is InChI=1S/C21H25N7O2/c1-14(2)16-8-9-20(25-24-16)27-11-10-19(29)17(13-27)23-21(30)18-12-22-26-28(18)15-6-4-3-5-7-15/h3-9,12,14,17,19,29H,10-11,13H2,1-2H3,(H,23,30)/t17-,19+/m1/s1. The van der Waals surface area contributed by atoms with E-state index in [4.69, 9.17) is 0 Å². The molecule has 0 radical (unpaired) electrons. The smallest absolute Gasteiger partial charge is 0.272 e. The number of carbonyl (C=O) groups is 1. The molecule has 0 bridgehead atoms. The van der Waals surface area contributed by atoms with Crippen molar-refractivity contribution in [1.82, 2.24) is 30.5 Å². The summed E-state index contributed by atoms with van der Waals surface area (Å²) in [5.41, 5.74) is 1.99. The van der Waals surface area contributed by atoms with Gasteiger partial charge in [-0.2, -0.15) is 5.10 Å². The molecule has 9 heteroatoms. The van der Waals surface area contributed by atoms with E-state index < -0.39 is 12.1 Å². The number of nitrogens with one attached hydrogen (secondary N) is 1. The maximum atomic E-state index is 12.9. The first-order chi connectivity index (χ1) is 14.5. The van der Waals surface area contributed by atoms with Gasteiger partial charge in [-0.3, -0.25) is 4.79 Å². The van der Waals surface area contributed by atoms with Crippen molar-refractivity contribution in [3.63, 3.8) is 0 Å². The molecule has 1 aliphatic rings. The summed E-state index contributed by atoms with van der Waals surface area (Å²) in [7, 11) is 0. The molecule has 1 fully saturated rings. The maximum absolute atomic E-state index is 12.9. The van der Waals surface area contributed by atoms with E-state index in [9.17, 15) is 9.90 Å². The van der Waals surface area contributed by atoms with Gasteiger partial charge in [0.05, 0.1) is 29.7 Å². The summed E-state index contributed by atoms with van der Waals surface area (Å²) >= 11 is 0. The van der Waals surface area contributed by atoms with Crippen molar-refractivity contribution in [2.75, 3.05) is 18.0 Å². The average Bonchev–Trinajstić information content (AvgIpc) is 3.26. The molecule has 1 aliphatic heterocycles. The van der Waals surface area contributed by atoms with Gasteiger partial charge < -0.3 is 15.3 Å². The van der Waals surface area contributed by atoms with Crippen molar-refractivity contribution in [2.45, 2.75) is 38.3 Å². The number of rotatable bonds is 5. The first-order valence-electron chi connectivity index (χ1n) is 10.1. The minimum atomic E-state index is -0.644. The minimum absolute atomic E-state index is 0.310. The Morgan fingerprint density at radius 1 is 1.17 bits per heavy atom. The van der Waals surface area contributed by atoms with Crippen LogP contribution in [0.25, 0.3) is 5.69 Å². The molecular formula is C21H25N7O2. The predicted octanol–water partition coefficient (Wildman–Crippen LogP) is 1.55. The van der Waals surface area contributed by atoms with Crippen LogP contribution < -0.4 is 10.2 Å². The van der Waals surface area contributed by atoms with Gasteiger partial charge in [-0.05, 0) is 36.6 Å². The Morgan fingerprint density at radius 3 is 2.67 bits per heavy atom. The molecule has 0 spiro atoms. The number of anilines is 1. The van der Waals surface area contributed by atoms with Crippen molar-refractivity contribution in [3.8, 4) is 5.69 Å². The molecule has 1 amide bonds. The molecule has 0 aliphatic carbocycles. The van der Waals surface area contributed by atoms with Gasteiger partial charge in [0, 0.05) is 13.1 Å². The van der Waals surface area contributed by atoms with Gasteiger partial charge in [-0.15, -0.1) is 10.2 Å². The largest absolute Gasteiger partial charge is 0.391 e. The first kappa shape index (κ1) is 20.0. The van der Waals surface area contributed by atoms with Gasteiger partial charge in [0.25, 0.3) is 5.91 Å². The van der Waals surface area contributed by atoms with Gasteiger partial charge in [-0.1, -0.05) is 37.3 Å². The zero-order chi connectivity index (χ0) is 21.1. The van der Waals surface area contributed by atoms with E-state index in [1.54, 1.807) is 0 Å². The molecule has 3 aromatic rings. The normalized spacial score (nSPS) is 19.1. The summed E-state index contributed by atoms with van der Waals surface area (Å²) < 4.78 is 1.48. The third-order valence-electron chi connectivity index (χ3n) is 5.26. The van der Waals surface area contributed by atoms with E-state index in [1.165, 1.54) is 10.9 Å². The topological polar surface area (TPSA) is 109 Å². The van der Waals surface area contributed by atoms with E-state index in [1.807, 2.05) is 47.4 Å². The number of carbonyl (C=O) groups excluding carboxylic acids is 1. The van der Waals surface area contributed by atoms with Crippen LogP contribution in [-0.2, 0) is 0 Å². The molecule has 1 aromatic carbocycles. The molecule has 2 N–H and O–H groups in total. The zero-order valence-corrected chi connectivity index (χ0v) is 17.0. The van der Waals surface area contributed by atoms with Crippen LogP contribution in [0.3, 0.4) is 0 Å². The molecule has 1 saturated heterocycles. The SMILES string of the molecule is CC(C)c1ccc(N2CC[C@H](O)[C@H](NC(=O)c3cnnn3-c3ccccc3)C2)nn1. The molecule has 0 unspecified atom stereocenters. The number of hydrogen-bond acceptors (Lipinski definition) is 7. The van der Waals surface area contributed by atoms with Crippen LogP contribution in [0.15, 0.2) is 48.7 Å². The summed E-state index contributed by atoms with van der Waals surface area (Å²) in [6, 6.07) is 12.8. The fourth-order valence-electron chi connectivity index (χ4n) is 3.49. The molecule has 4 rings (SSSR count). The Kier molecular flexibility index (Phi) is 5.71. The van der Waals surface area contributed by atoms with Crippen molar-refractivity contribution >= 4 is 11.7 Å². The predicted molar refractivity (Wildman–Crippen MR) is 112 cm³/mol. The maximum Gasteiger partial charge on any atom is 0.272 e. The molecule has 2 aromatic heterocycles. The van der Waals surface area contributed by atoms with Crippen molar-refractivity contribution in [2.24, 2.45) is 0 Å². The van der Waals surface area contributed by atoms with E-state index in [-0.39, 0.29) is 5.91 Å². The number of aliphatic hydroxyl groups excluding tert-OH is 1. The summed E-state index contributed by atoms with van der Waals surface area (Å²) in [5, 5.41) is 29.9. The zero-order valence-electron chi connectivity index (χ0n) is 17.0. The second kappa shape index (κ2) is 8.58. The quantitative estimate of drug-likeness (QED) is 0.660. The number of aromatic nitrogens is 5. The van der Waals surface area contributed by atoms with Crippen molar-refractivity contribution in [1.29, 1.82) is 0 Å².